The molecule has 1 fully saturated rings. The predicted octanol–water partition coefficient (Wildman–Crippen LogP) is 1.15. The summed E-state index contributed by atoms with van der Waals surface area (Å²) in [6, 6.07) is 0. The highest BCUT2D eigenvalue weighted by Crippen LogP contribution is 2.07. The Morgan fingerprint density at radius 3 is 2.80 bits per heavy atom. The van der Waals surface area contributed by atoms with Gasteiger partial charge in [-0.3, -0.25) is 4.90 Å². The second-order valence-electron chi connectivity index (χ2n) is 5.11. The molecular weight excluding hydrogens is 256 g/mol. The van der Waals surface area contributed by atoms with Crippen LogP contribution >= 0.6 is 0 Å². The van der Waals surface area contributed by atoms with Crippen LogP contribution in [0.5, 0.6) is 0 Å². The lowest BCUT2D eigenvalue weighted by molar-refractivity contribution is -0.0962. The maximum Gasteiger partial charge on any atom is 0.222 e. The molecule has 0 saturated carbocycles. The van der Waals surface area contributed by atoms with E-state index in [2.05, 4.69) is 34.2 Å². The molecule has 2 rings (SSSR count). The molecular formula is C14H24N4O2. The molecule has 1 aliphatic heterocycles. The van der Waals surface area contributed by atoms with Gasteiger partial charge in [0, 0.05) is 37.6 Å². The summed E-state index contributed by atoms with van der Waals surface area (Å²) >= 11 is 0. The average Bonchev–Trinajstić information content (AvgIpc) is 2.47. The van der Waals surface area contributed by atoms with Gasteiger partial charge in [0.15, 0.2) is 0 Å². The van der Waals surface area contributed by atoms with Crippen LogP contribution in [0.2, 0.25) is 0 Å². The van der Waals surface area contributed by atoms with Crippen LogP contribution in [0.3, 0.4) is 0 Å². The van der Waals surface area contributed by atoms with E-state index in [1.54, 1.807) is 0 Å². The summed E-state index contributed by atoms with van der Waals surface area (Å²) in [4.78, 5) is 10.8. The van der Waals surface area contributed by atoms with Gasteiger partial charge in [-0.25, -0.2) is 9.97 Å². The first-order valence-corrected chi connectivity index (χ1v) is 7.20. The van der Waals surface area contributed by atoms with Crippen LogP contribution in [0, 0.1) is 0 Å². The van der Waals surface area contributed by atoms with E-state index < -0.39 is 0 Å². The molecule has 1 atom stereocenters. The molecule has 0 bridgehead atoms. The minimum Gasteiger partial charge on any atom is -0.376 e. The summed E-state index contributed by atoms with van der Waals surface area (Å²) in [5.41, 5.74) is 1.10. The minimum absolute atomic E-state index is 0.167. The molecule has 1 N–H and O–H groups in total. The predicted molar refractivity (Wildman–Crippen MR) is 77.7 cm³/mol. The molecule has 0 aliphatic carbocycles. The zero-order valence-electron chi connectivity index (χ0n) is 12.3. The molecule has 6 heteroatoms. The van der Waals surface area contributed by atoms with Gasteiger partial charge < -0.3 is 14.8 Å². The van der Waals surface area contributed by atoms with Crippen molar-refractivity contribution in [2.75, 3.05) is 45.3 Å². The fourth-order valence-corrected chi connectivity index (χ4v) is 2.13. The Balaban J connectivity index is 1.76. The molecule has 1 saturated heterocycles. The van der Waals surface area contributed by atoms with Crippen molar-refractivity contribution in [1.82, 2.24) is 14.9 Å². The van der Waals surface area contributed by atoms with E-state index in [4.69, 9.17) is 9.47 Å². The van der Waals surface area contributed by atoms with Gasteiger partial charge in [-0.2, -0.15) is 0 Å². The SMILES string of the molecule is CCCNc1ncc(CN(C)C[C@H]2COCCO2)cn1. The fraction of sp³-hybridized carbons (Fsp3) is 0.714. The lowest BCUT2D eigenvalue weighted by atomic mass is 10.3. The lowest BCUT2D eigenvalue weighted by Crippen LogP contribution is -2.38. The lowest BCUT2D eigenvalue weighted by Gasteiger charge is -2.27. The van der Waals surface area contributed by atoms with Crippen LogP contribution < -0.4 is 5.32 Å². The van der Waals surface area contributed by atoms with Gasteiger partial charge in [-0.05, 0) is 13.5 Å². The van der Waals surface area contributed by atoms with E-state index >= 15 is 0 Å². The van der Waals surface area contributed by atoms with E-state index in [1.807, 2.05) is 12.4 Å². The Labute approximate surface area is 120 Å². The number of aromatic nitrogens is 2. The van der Waals surface area contributed by atoms with E-state index in [1.165, 1.54) is 0 Å². The van der Waals surface area contributed by atoms with Gasteiger partial charge in [0.2, 0.25) is 5.95 Å². The molecule has 2 heterocycles. The van der Waals surface area contributed by atoms with Crippen molar-refractivity contribution in [2.24, 2.45) is 0 Å². The quantitative estimate of drug-likeness (QED) is 0.808. The number of anilines is 1. The van der Waals surface area contributed by atoms with Crippen molar-refractivity contribution in [2.45, 2.75) is 26.0 Å². The monoisotopic (exact) mass is 280 g/mol. The molecule has 0 radical (unpaired) electrons. The summed E-state index contributed by atoms with van der Waals surface area (Å²) in [6.07, 6.45) is 4.98. The van der Waals surface area contributed by atoms with Crippen molar-refractivity contribution >= 4 is 5.95 Å². The van der Waals surface area contributed by atoms with Gasteiger partial charge in [0.1, 0.15) is 0 Å². The van der Waals surface area contributed by atoms with Crippen molar-refractivity contribution < 1.29 is 9.47 Å². The molecule has 0 aromatic carbocycles. The Bertz CT molecular complexity index is 379. The van der Waals surface area contributed by atoms with Crippen molar-refractivity contribution in [3.05, 3.63) is 18.0 Å². The van der Waals surface area contributed by atoms with Crippen LogP contribution in [-0.4, -0.2) is 60.9 Å². The van der Waals surface area contributed by atoms with E-state index in [0.717, 1.165) is 31.6 Å². The molecule has 1 aliphatic rings. The Kier molecular flexibility index (Phi) is 6.17. The maximum absolute atomic E-state index is 5.64. The van der Waals surface area contributed by atoms with Gasteiger partial charge in [-0.1, -0.05) is 6.92 Å². The first-order valence-electron chi connectivity index (χ1n) is 7.20. The molecule has 1 aromatic rings. The highest BCUT2D eigenvalue weighted by Gasteiger charge is 2.16. The first kappa shape index (κ1) is 15.2. The molecule has 20 heavy (non-hydrogen) atoms. The molecule has 112 valence electrons. The summed E-state index contributed by atoms with van der Waals surface area (Å²) in [6.45, 7) is 6.77. The number of ether oxygens (including phenoxy) is 2. The van der Waals surface area contributed by atoms with Crippen molar-refractivity contribution in [3.63, 3.8) is 0 Å². The van der Waals surface area contributed by atoms with Gasteiger partial charge >= 0.3 is 0 Å². The number of nitrogens with one attached hydrogen (secondary N) is 1. The van der Waals surface area contributed by atoms with E-state index in [0.29, 0.717) is 25.8 Å². The third-order valence-electron chi connectivity index (χ3n) is 3.09. The van der Waals surface area contributed by atoms with E-state index in [-0.39, 0.29) is 6.10 Å². The van der Waals surface area contributed by atoms with Gasteiger partial charge in [0.25, 0.3) is 0 Å². The standard InChI is InChI=1S/C14H24N4O2/c1-3-4-15-14-16-7-12(8-17-14)9-18(2)10-13-11-19-5-6-20-13/h7-8,13H,3-6,9-11H2,1-2H3,(H,15,16,17)/t13-/m0/s1. The number of nitrogens with zero attached hydrogens (tertiary/aromatic N) is 3. The average molecular weight is 280 g/mol. The number of hydrogen-bond donors (Lipinski definition) is 1. The molecule has 6 nitrogen and oxygen atoms in total. The number of likely N-dealkylation sites (N-methyl/N-ethyl adjacent to an activating group) is 1. The summed E-state index contributed by atoms with van der Waals surface area (Å²) in [7, 11) is 2.07. The zero-order valence-corrected chi connectivity index (χ0v) is 12.3. The van der Waals surface area contributed by atoms with Crippen LogP contribution in [-0.2, 0) is 16.0 Å². The molecule has 0 unspecified atom stereocenters. The minimum atomic E-state index is 0.167. The van der Waals surface area contributed by atoms with Crippen LogP contribution in [0.15, 0.2) is 12.4 Å². The Morgan fingerprint density at radius 1 is 1.35 bits per heavy atom. The number of hydrogen-bond acceptors (Lipinski definition) is 6. The maximum atomic E-state index is 5.64. The first-order chi connectivity index (χ1) is 9.78. The molecule has 1 aromatic heterocycles. The third kappa shape index (κ3) is 5.03. The van der Waals surface area contributed by atoms with E-state index in [9.17, 15) is 0 Å². The summed E-state index contributed by atoms with van der Waals surface area (Å²) in [5, 5.41) is 3.17. The highest BCUT2D eigenvalue weighted by molar-refractivity contribution is 5.24. The zero-order chi connectivity index (χ0) is 14.2. The van der Waals surface area contributed by atoms with Crippen LogP contribution in [0.4, 0.5) is 5.95 Å². The topological polar surface area (TPSA) is 59.5 Å². The Morgan fingerprint density at radius 2 is 2.15 bits per heavy atom. The summed E-state index contributed by atoms with van der Waals surface area (Å²) < 4.78 is 11.0. The Hall–Kier alpha value is -1.24. The third-order valence-corrected chi connectivity index (χ3v) is 3.09. The van der Waals surface area contributed by atoms with Crippen molar-refractivity contribution in [1.29, 1.82) is 0 Å². The number of rotatable bonds is 7. The van der Waals surface area contributed by atoms with Crippen LogP contribution in [0.25, 0.3) is 0 Å². The second kappa shape index (κ2) is 8.14. The fourth-order valence-electron chi connectivity index (χ4n) is 2.13. The second-order valence-corrected chi connectivity index (χ2v) is 5.11. The largest absolute Gasteiger partial charge is 0.376 e. The van der Waals surface area contributed by atoms with Crippen molar-refractivity contribution in [3.8, 4) is 0 Å². The highest BCUT2D eigenvalue weighted by atomic mass is 16.6. The summed E-state index contributed by atoms with van der Waals surface area (Å²) in [5.74, 6) is 0.697. The van der Waals surface area contributed by atoms with Crippen LogP contribution in [0.1, 0.15) is 18.9 Å². The normalized spacial score (nSPS) is 19.2. The van der Waals surface area contributed by atoms with Gasteiger partial charge in [0.05, 0.1) is 25.9 Å². The molecule has 0 amide bonds. The smallest absolute Gasteiger partial charge is 0.222 e. The molecule has 0 spiro atoms. The van der Waals surface area contributed by atoms with Gasteiger partial charge in [-0.15, -0.1) is 0 Å².